The minimum Gasteiger partial charge on any atom is -0.329 e. The minimum absolute atomic E-state index is 0.556. The molecule has 1 fully saturated rings. The van der Waals surface area contributed by atoms with E-state index in [-0.39, 0.29) is 0 Å². The lowest BCUT2D eigenvalue weighted by atomic mass is 10.0. The molecule has 4 heteroatoms. The van der Waals surface area contributed by atoms with E-state index >= 15 is 0 Å². The van der Waals surface area contributed by atoms with Gasteiger partial charge in [-0.2, -0.15) is 5.10 Å². The zero-order valence-electron chi connectivity index (χ0n) is 10.1. The summed E-state index contributed by atoms with van der Waals surface area (Å²) in [5.74, 6) is 0. The molecule has 4 nitrogen and oxygen atoms in total. The first kappa shape index (κ1) is 11.6. The van der Waals surface area contributed by atoms with E-state index in [1.807, 2.05) is 4.68 Å². The molecule has 90 valence electrons. The number of aromatic nitrogens is 2. The summed E-state index contributed by atoms with van der Waals surface area (Å²) in [6, 6.07) is 2.67. The van der Waals surface area contributed by atoms with Gasteiger partial charge in [0, 0.05) is 31.9 Å². The van der Waals surface area contributed by atoms with Gasteiger partial charge in [0.15, 0.2) is 0 Å². The maximum atomic E-state index is 5.81. The van der Waals surface area contributed by atoms with Gasteiger partial charge in [-0.1, -0.05) is 6.42 Å². The normalized spacial score (nSPS) is 22.5. The molecule has 0 saturated carbocycles. The molecule has 16 heavy (non-hydrogen) atoms. The van der Waals surface area contributed by atoms with Crippen LogP contribution in [0, 0.1) is 0 Å². The van der Waals surface area contributed by atoms with Gasteiger partial charge < -0.3 is 5.73 Å². The average Bonchev–Trinajstić information content (AvgIpc) is 2.77. The second-order valence-electron chi connectivity index (χ2n) is 4.52. The second-order valence-corrected chi connectivity index (χ2v) is 4.52. The third-order valence-electron chi connectivity index (χ3n) is 3.41. The summed E-state index contributed by atoms with van der Waals surface area (Å²) in [5, 5.41) is 4.53. The topological polar surface area (TPSA) is 47.1 Å². The molecule has 1 atom stereocenters. The van der Waals surface area contributed by atoms with Gasteiger partial charge in [0.1, 0.15) is 0 Å². The van der Waals surface area contributed by atoms with Gasteiger partial charge in [-0.05, 0) is 32.4 Å². The third-order valence-corrected chi connectivity index (χ3v) is 3.41. The first-order valence-corrected chi connectivity index (χ1v) is 6.30. The standard InChI is InChI=1S/C12H22N4/c1-2-16-8-6-11(14-16)10-15-7-4-3-5-12(15)9-13/h6,8,12H,2-5,7,9-10,13H2,1H3/t12-/m1/s1. The Morgan fingerprint density at radius 2 is 2.38 bits per heavy atom. The van der Waals surface area contributed by atoms with Gasteiger partial charge >= 0.3 is 0 Å². The van der Waals surface area contributed by atoms with Gasteiger partial charge in [-0.3, -0.25) is 9.58 Å². The van der Waals surface area contributed by atoms with E-state index in [1.54, 1.807) is 0 Å². The van der Waals surface area contributed by atoms with Crippen molar-refractivity contribution >= 4 is 0 Å². The van der Waals surface area contributed by atoms with Crippen molar-refractivity contribution in [1.82, 2.24) is 14.7 Å². The molecular weight excluding hydrogens is 200 g/mol. The number of nitrogens with zero attached hydrogens (tertiary/aromatic N) is 3. The van der Waals surface area contributed by atoms with Crippen molar-refractivity contribution in [3.8, 4) is 0 Å². The zero-order chi connectivity index (χ0) is 11.4. The van der Waals surface area contributed by atoms with E-state index in [0.29, 0.717) is 6.04 Å². The molecule has 0 radical (unpaired) electrons. The predicted molar refractivity (Wildman–Crippen MR) is 65.0 cm³/mol. The highest BCUT2D eigenvalue weighted by atomic mass is 15.3. The number of aryl methyl sites for hydroxylation is 1. The summed E-state index contributed by atoms with van der Waals surface area (Å²) in [6.45, 7) is 5.95. The Morgan fingerprint density at radius 3 is 3.06 bits per heavy atom. The Kier molecular flexibility index (Phi) is 3.96. The number of piperidine rings is 1. The molecular formula is C12H22N4. The van der Waals surface area contributed by atoms with E-state index in [9.17, 15) is 0 Å². The molecule has 1 saturated heterocycles. The van der Waals surface area contributed by atoms with Gasteiger partial charge in [0.25, 0.3) is 0 Å². The summed E-state index contributed by atoms with van der Waals surface area (Å²) in [6.07, 6.45) is 5.91. The van der Waals surface area contributed by atoms with Crippen LogP contribution < -0.4 is 5.73 Å². The van der Waals surface area contributed by atoms with E-state index in [1.165, 1.54) is 31.5 Å². The van der Waals surface area contributed by atoms with E-state index < -0.39 is 0 Å². The molecule has 0 spiro atoms. The van der Waals surface area contributed by atoms with E-state index in [4.69, 9.17) is 5.73 Å². The van der Waals surface area contributed by atoms with Crippen molar-refractivity contribution in [3.05, 3.63) is 18.0 Å². The van der Waals surface area contributed by atoms with Crippen LogP contribution in [-0.4, -0.2) is 33.8 Å². The lowest BCUT2D eigenvalue weighted by Crippen LogP contribution is -2.43. The van der Waals surface area contributed by atoms with Crippen molar-refractivity contribution in [2.45, 2.75) is 45.3 Å². The average molecular weight is 222 g/mol. The molecule has 2 heterocycles. The number of likely N-dealkylation sites (tertiary alicyclic amines) is 1. The molecule has 0 unspecified atom stereocenters. The monoisotopic (exact) mass is 222 g/mol. The molecule has 0 aromatic carbocycles. The molecule has 0 aliphatic carbocycles. The molecule has 1 aliphatic rings. The molecule has 1 aliphatic heterocycles. The lowest BCUT2D eigenvalue weighted by Gasteiger charge is -2.34. The number of nitrogens with two attached hydrogens (primary N) is 1. The first-order valence-electron chi connectivity index (χ1n) is 6.30. The van der Waals surface area contributed by atoms with Crippen LogP contribution in [0.2, 0.25) is 0 Å². The van der Waals surface area contributed by atoms with Crippen molar-refractivity contribution in [2.24, 2.45) is 5.73 Å². The van der Waals surface area contributed by atoms with Crippen LogP contribution in [0.5, 0.6) is 0 Å². The highest BCUT2D eigenvalue weighted by Crippen LogP contribution is 2.18. The van der Waals surface area contributed by atoms with E-state index in [2.05, 4.69) is 29.2 Å². The molecule has 1 aromatic rings. The van der Waals surface area contributed by atoms with Crippen LogP contribution in [0.4, 0.5) is 0 Å². The van der Waals surface area contributed by atoms with Crippen LogP contribution in [-0.2, 0) is 13.1 Å². The largest absolute Gasteiger partial charge is 0.329 e. The smallest absolute Gasteiger partial charge is 0.0764 e. The summed E-state index contributed by atoms with van der Waals surface area (Å²) < 4.78 is 1.98. The van der Waals surface area contributed by atoms with Crippen LogP contribution in [0.25, 0.3) is 0 Å². The van der Waals surface area contributed by atoms with Gasteiger partial charge in [0.2, 0.25) is 0 Å². The van der Waals surface area contributed by atoms with Gasteiger partial charge in [0.05, 0.1) is 5.69 Å². The molecule has 2 rings (SSSR count). The van der Waals surface area contributed by atoms with Gasteiger partial charge in [-0.15, -0.1) is 0 Å². The fraction of sp³-hybridized carbons (Fsp3) is 0.750. The zero-order valence-corrected chi connectivity index (χ0v) is 10.1. The maximum absolute atomic E-state index is 5.81. The lowest BCUT2D eigenvalue weighted by molar-refractivity contribution is 0.143. The Hall–Kier alpha value is -0.870. The van der Waals surface area contributed by atoms with Crippen LogP contribution in [0.1, 0.15) is 31.9 Å². The molecule has 0 bridgehead atoms. The van der Waals surface area contributed by atoms with E-state index in [0.717, 1.165) is 19.6 Å². The van der Waals surface area contributed by atoms with Crippen LogP contribution >= 0.6 is 0 Å². The second kappa shape index (κ2) is 5.46. The van der Waals surface area contributed by atoms with Crippen molar-refractivity contribution in [1.29, 1.82) is 0 Å². The van der Waals surface area contributed by atoms with Crippen LogP contribution in [0.3, 0.4) is 0 Å². The Labute approximate surface area is 97.4 Å². The highest BCUT2D eigenvalue weighted by Gasteiger charge is 2.21. The Bertz CT molecular complexity index is 321. The summed E-state index contributed by atoms with van der Waals surface area (Å²) in [7, 11) is 0. The first-order chi connectivity index (χ1) is 7.83. The number of hydrogen-bond donors (Lipinski definition) is 1. The fourth-order valence-corrected chi connectivity index (χ4v) is 2.41. The van der Waals surface area contributed by atoms with Crippen molar-refractivity contribution < 1.29 is 0 Å². The van der Waals surface area contributed by atoms with Crippen molar-refractivity contribution in [3.63, 3.8) is 0 Å². The summed E-state index contributed by atoms with van der Waals surface area (Å²) in [5.41, 5.74) is 6.98. The van der Waals surface area contributed by atoms with Gasteiger partial charge in [-0.25, -0.2) is 0 Å². The highest BCUT2D eigenvalue weighted by molar-refractivity contribution is 4.99. The summed E-state index contributed by atoms with van der Waals surface area (Å²) in [4.78, 5) is 2.48. The Morgan fingerprint density at radius 1 is 1.50 bits per heavy atom. The number of hydrogen-bond acceptors (Lipinski definition) is 3. The van der Waals surface area contributed by atoms with Crippen molar-refractivity contribution in [2.75, 3.05) is 13.1 Å². The molecule has 0 amide bonds. The SMILES string of the molecule is CCn1ccc(CN2CCCC[C@@H]2CN)n1. The van der Waals surface area contributed by atoms with Crippen LogP contribution in [0.15, 0.2) is 12.3 Å². The fourth-order valence-electron chi connectivity index (χ4n) is 2.41. The quantitative estimate of drug-likeness (QED) is 0.833. The minimum atomic E-state index is 0.556. The molecule has 2 N–H and O–H groups in total. The summed E-state index contributed by atoms with van der Waals surface area (Å²) >= 11 is 0. The maximum Gasteiger partial charge on any atom is 0.0764 e. The predicted octanol–water partition coefficient (Wildman–Crippen LogP) is 1.22. The molecule has 1 aromatic heterocycles. The third kappa shape index (κ3) is 2.62. The Balaban J connectivity index is 1.96. The number of rotatable bonds is 4.